The zero-order valence-electron chi connectivity index (χ0n) is 15.2. The summed E-state index contributed by atoms with van der Waals surface area (Å²) in [5, 5.41) is 0. The van der Waals surface area contributed by atoms with Gasteiger partial charge >= 0.3 is 0 Å². The van der Waals surface area contributed by atoms with E-state index in [4.69, 9.17) is 11.5 Å². The van der Waals surface area contributed by atoms with Gasteiger partial charge in [-0.3, -0.25) is 0 Å². The van der Waals surface area contributed by atoms with E-state index in [-0.39, 0.29) is 0 Å². The van der Waals surface area contributed by atoms with Crippen LogP contribution in [-0.2, 0) is 0 Å². The molecular formula is C20H42N2. The summed E-state index contributed by atoms with van der Waals surface area (Å²) in [6, 6.07) is 0.329. The molecule has 0 aliphatic heterocycles. The maximum atomic E-state index is 5.95. The minimum Gasteiger partial charge on any atom is -0.330 e. The van der Waals surface area contributed by atoms with Gasteiger partial charge < -0.3 is 11.5 Å². The number of hydrogen-bond donors (Lipinski definition) is 2. The normalized spacial score (nSPS) is 13.0. The van der Waals surface area contributed by atoms with Crippen LogP contribution < -0.4 is 11.5 Å². The quantitative estimate of drug-likeness (QED) is 0.267. The number of allylic oxidation sites excluding steroid dienone is 2. The van der Waals surface area contributed by atoms with Crippen molar-refractivity contribution in [2.45, 2.75) is 109 Å². The summed E-state index contributed by atoms with van der Waals surface area (Å²) in [5.74, 6) is 0. The van der Waals surface area contributed by atoms with Crippen molar-refractivity contribution in [3.63, 3.8) is 0 Å². The summed E-state index contributed by atoms with van der Waals surface area (Å²) < 4.78 is 0. The molecule has 0 aliphatic rings. The molecule has 2 heteroatoms. The van der Waals surface area contributed by atoms with Crippen LogP contribution in [-0.4, -0.2) is 12.6 Å². The third-order valence-corrected chi connectivity index (χ3v) is 4.37. The van der Waals surface area contributed by atoms with Gasteiger partial charge in [-0.25, -0.2) is 0 Å². The topological polar surface area (TPSA) is 52.0 Å². The van der Waals surface area contributed by atoms with Crippen LogP contribution in [0.15, 0.2) is 12.2 Å². The van der Waals surface area contributed by atoms with Crippen LogP contribution in [0.2, 0.25) is 0 Å². The summed E-state index contributed by atoms with van der Waals surface area (Å²) in [5.41, 5.74) is 11.4. The molecule has 0 amide bonds. The zero-order chi connectivity index (χ0) is 16.3. The molecule has 132 valence electrons. The van der Waals surface area contributed by atoms with Gasteiger partial charge in [0.2, 0.25) is 0 Å². The Hall–Kier alpha value is -0.340. The Morgan fingerprint density at radius 1 is 0.682 bits per heavy atom. The summed E-state index contributed by atoms with van der Waals surface area (Å²) in [4.78, 5) is 0. The van der Waals surface area contributed by atoms with E-state index >= 15 is 0 Å². The van der Waals surface area contributed by atoms with Gasteiger partial charge in [-0.15, -0.1) is 0 Å². The van der Waals surface area contributed by atoms with Gasteiger partial charge in [0.25, 0.3) is 0 Å². The second kappa shape index (κ2) is 18.7. The predicted molar refractivity (Wildman–Crippen MR) is 101 cm³/mol. The average Bonchev–Trinajstić information content (AvgIpc) is 2.51. The van der Waals surface area contributed by atoms with Crippen molar-refractivity contribution in [1.82, 2.24) is 0 Å². The standard InChI is InChI=1S/C20H42N2/c1-2-3-4-5-6-7-8-9-10-11-12-13-14-15-16-17-20(22)18-19-21/h9-10,20H,2-8,11-19,21-22H2,1H3/b10-9-. The fourth-order valence-corrected chi connectivity index (χ4v) is 2.84. The molecule has 2 nitrogen and oxygen atoms in total. The van der Waals surface area contributed by atoms with E-state index in [2.05, 4.69) is 19.1 Å². The molecule has 0 rings (SSSR count). The van der Waals surface area contributed by atoms with E-state index in [1.165, 1.54) is 83.5 Å². The maximum absolute atomic E-state index is 5.95. The SMILES string of the molecule is CCCCCCCC/C=C\CCCCCCCC(N)CCN. The molecule has 0 aliphatic carbocycles. The molecule has 0 aromatic rings. The van der Waals surface area contributed by atoms with Crippen molar-refractivity contribution in [3.05, 3.63) is 12.2 Å². The van der Waals surface area contributed by atoms with Gasteiger partial charge in [0.1, 0.15) is 0 Å². The third-order valence-electron chi connectivity index (χ3n) is 4.37. The second-order valence-corrected chi connectivity index (χ2v) is 6.71. The number of nitrogens with two attached hydrogens (primary N) is 2. The first kappa shape index (κ1) is 21.7. The van der Waals surface area contributed by atoms with Gasteiger partial charge in [-0.2, -0.15) is 0 Å². The fraction of sp³-hybridized carbons (Fsp3) is 0.900. The highest BCUT2D eigenvalue weighted by Gasteiger charge is 2.00. The Labute approximate surface area is 140 Å². The van der Waals surface area contributed by atoms with Gasteiger partial charge in [-0.1, -0.05) is 76.9 Å². The van der Waals surface area contributed by atoms with Crippen LogP contribution in [0.1, 0.15) is 103 Å². The molecule has 22 heavy (non-hydrogen) atoms. The molecule has 0 aromatic carbocycles. The highest BCUT2D eigenvalue weighted by Crippen LogP contribution is 2.10. The first-order chi connectivity index (χ1) is 10.8. The summed E-state index contributed by atoms with van der Waals surface area (Å²) >= 11 is 0. The van der Waals surface area contributed by atoms with Crippen LogP contribution >= 0.6 is 0 Å². The lowest BCUT2D eigenvalue weighted by molar-refractivity contribution is 0.518. The van der Waals surface area contributed by atoms with Crippen LogP contribution in [0.25, 0.3) is 0 Å². The molecule has 0 spiro atoms. The van der Waals surface area contributed by atoms with Crippen LogP contribution in [0.5, 0.6) is 0 Å². The van der Waals surface area contributed by atoms with Gasteiger partial charge in [0.15, 0.2) is 0 Å². The van der Waals surface area contributed by atoms with Crippen LogP contribution in [0.3, 0.4) is 0 Å². The largest absolute Gasteiger partial charge is 0.330 e. The summed E-state index contributed by atoms with van der Waals surface area (Å²) in [6.07, 6.45) is 24.6. The average molecular weight is 311 g/mol. The molecule has 1 atom stereocenters. The Bertz CT molecular complexity index is 226. The first-order valence-electron chi connectivity index (χ1n) is 9.92. The Morgan fingerprint density at radius 3 is 1.73 bits per heavy atom. The maximum Gasteiger partial charge on any atom is 0.00508 e. The predicted octanol–water partition coefficient (Wildman–Crippen LogP) is 5.70. The van der Waals surface area contributed by atoms with Gasteiger partial charge in [-0.05, 0) is 45.1 Å². The fourth-order valence-electron chi connectivity index (χ4n) is 2.84. The molecule has 4 N–H and O–H groups in total. The molecule has 1 unspecified atom stereocenters. The minimum absolute atomic E-state index is 0.329. The monoisotopic (exact) mass is 310 g/mol. The first-order valence-corrected chi connectivity index (χ1v) is 9.92. The molecule has 0 bridgehead atoms. The number of unbranched alkanes of at least 4 members (excludes halogenated alkanes) is 11. The van der Waals surface area contributed by atoms with E-state index in [9.17, 15) is 0 Å². The van der Waals surface area contributed by atoms with Crippen molar-refractivity contribution >= 4 is 0 Å². The molecular weight excluding hydrogens is 268 g/mol. The lowest BCUT2D eigenvalue weighted by Gasteiger charge is -2.09. The second-order valence-electron chi connectivity index (χ2n) is 6.71. The van der Waals surface area contributed by atoms with Gasteiger partial charge in [0, 0.05) is 6.04 Å². The van der Waals surface area contributed by atoms with Crippen molar-refractivity contribution in [3.8, 4) is 0 Å². The minimum atomic E-state index is 0.329. The molecule has 0 saturated heterocycles. The molecule has 0 aromatic heterocycles. The highest BCUT2D eigenvalue weighted by atomic mass is 14.6. The summed E-state index contributed by atoms with van der Waals surface area (Å²) in [7, 11) is 0. The molecule has 0 radical (unpaired) electrons. The molecule has 0 saturated carbocycles. The lowest BCUT2D eigenvalue weighted by atomic mass is 10.0. The smallest absolute Gasteiger partial charge is 0.00508 e. The number of hydrogen-bond acceptors (Lipinski definition) is 2. The Balaban J connectivity index is 3.11. The Morgan fingerprint density at radius 2 is 1.18 bits per heavy atom. The highest BCUT2D eigenvalue weighted by molar-refractivity contribution is 4.81. The molecule has 0 fully saturated rings. The van der Waals surface area contributed by atoms with E-state index in [0.717, 1.165) is 19.4 Å². The van der Waals surface area contributed by atoms with E-state index < -0.39 is 0 Å². The van der Waals surface area contributed by atoms with E-state index in [1.54, 1.807) is 0 Å². The zero-order valence-corrected chi connectivity index (χ0v) is 15.2. The lowest BCUT2D eigenvalue weighted by Crippen LogP contribution is -2.23. The van der Waals surface area contributed by atoms with Crippen LogP contribution in [0, 0.1) is 0 Å². The Kier molecular flexibility index (Phi) is 18.4. The summed E-state index contributed by atoms with van der Waals surface area (Å²) in [6.45, 7) is 3.01. The van der Waals surface area contributed by atoms with Crippen molar-refractivity contribution in [2.24, 2.45) is 11.5 Å². The van der Waals surface area contributed by atoms with Crippen LogP contribution in [0.4, 0.5) is 0 Å². The third kappa shape index (κ3) is 17.7. The van der Waals surface area contributed by atoms with Crippen molar-refractivity contribution in [1.29, 1.82) is 0 Å². The van der Waals surface area contributed by atoms with Gasteiger partial charge in [0.05, 0.1) is 0 Å². The molecule has 0 heterocycles. The van der Waals surface area contributed by atoms with E-state index in [0.29, 0.717) is 6.04 Å². The van der Waals surface area contributed by atoms with Crippen molar-refractivity contribution < 1.29 is 0 Å². The number of rotatable bonds is 17. The van der Waals surface area contributed by atoms with Crippen molar-refractivity contribution in [2.75, 3.05) is 6.54 Å². The van der Waals surface area contributed by atoms with E-state index in [1.807, 2.05) is 0 Å².